The average Bonchev–Trinajstić information content (AvgIpc) is 2.52. The number of hydrogen-bond acceptors (Lipinski definition) is 3. The quantitative estimate of drug-likeness (QED) is 0.805. The van der Waals surface area contributed by atoms with Crippen molar-refractivity contribution in [2.45, 2.75) is 25.9 Å². The van der Waals surface area contributed by atoms with Gasteiger partial charge in [0, 0.05) is 18.7 Å². The molecule has 1 aliphatic rings. The maximum absolute atomic E-state index is 12.6. The first-order valence-electron chi connectivity index (χ1n) is 7.29. The third-order valence-corrected chi connectivity index (χ3v) is 3.97. The van der Waals surface area contributed by atoms with Crippen LogP contribution in [0.25, 0.3) is 0 Å². The third-order valence-electron chi connectivity index (χ3n) is 3.97. The van der Waals surface area contributed by atoms with Gasteiger partial charge >= 0.3 is 0 Å². The molecule has 1 aromatic rings. The second kappa shape index (κ2) is 7.26. The zero-order valence-corrected chi connectivity index (χ0v) is 12.2. The summed E-state index contributed by atoms with van der Waals surface area (Å²) < 4.78 is 0. The van der Waals surface area contributed by atoms with Crippen molar-refractivity contribution in [1.82, 2.24) is 4.90 Å². The normalized spacial score (nSPS) is 17.0. The number of aliphatic hydroxyl groups is 2. The second-order valence-corrected chi connectivity index (χ2v) is 5.38. The molecule has 1 atom stereocenters. The van der Waals surface area contributed by atoms with Crippen LogP contribution in [0, 0.1) is 17.8 Å². The molecule has 1 amide bonds. The molecule has 1 aliphatic heterocycles. The van der Waals surface area contributed by atoms with Gasteiger partial charge in [-0.25, -0.2) is 0 Å². The SMILES string of the molecule is CC(O)C1CCN(C(=O)c2ccccc2C#CCO)CC1. The van der Waals surface area contributed by atoms with E-state index in [-0.39, 0.29) is 24.5 Å². The molecule has 0 bridgehead atoms. The molecule has 1 saturated heterocycles. The van der Waals surface area contributed by atoms with E-state index in [2.05, 4.69) is 11.8 Å². The summed E-state index contributed by atoms with van der Waals surface area (Å²) in [4.78, 5) is 14.4. The largest absolute Gasteiger partial charge is 0.393 e. The van der Waals surface area contributed by atoms with Gasteiger partial charge in [-0.15, -0.1) is 0 Å². The molecule has 1 fully saturated rings. The Kier molecular flexibility index (Phi) is 5.38. The van der Waals surface area contributed by atoms with Gasteiger partial charge in [-0.1, -0.05) is 24.0 Å². The zero-order valence-electron chi connectivity index (χ0n) is 12.2. The Hall–Kier alpha value is -1.83. The lowest BCUT2D eigenvalue weighted by Gasteiger charge is -2.33. The number of amides is 1. The summed E-state index contributed by atoms with van der Waals surface area (Å²) >= 11 is 0. The van der Waals surface area contributed by atoms with E-state index in [1.165, 1.54) is 0 Å². The topological polar surface area (TPSA) is 60.8 Å². The van der Waals surface area contributed by atoms with Crippen LogP contribution in [0.15, 0.2) is 24.3 Å². The Balaban J connectivity index is 2.11. The molecule has 2 rings (SSSR count). The monoisotopic (exact) mass is 287 g/mol. The lowest BCUT2D eigenvalue weighted by Crippen LogP contribution is -2.41. The van der Waals surface area contributed by atoms with Gasteiger partial charge in [0.25, 0.3) is 5.91 Å². The smallest absolute Gasteiger partial charge is 0.255 e. The standard InChI is InChI=1S/C17H21NO3/c1-13(20)14-8-10-18(11-9-14)17(21)16-7-3-2-5-15(16)6-4-12-19/h2-3,5,7,13-14,19-20H,8-12H2,1H3. The number of carbonyl (C=O) groups is 1. The van der Waals surface area contributed by atoms with Crippen molar-refractivity contribution in [2.75, 3.05) is 19.7 Å². The highest BCUT2D eigenvalue weighted by atomic mass is 16.3. The van der Waals surface area contributed by atoms with Crippen molar-refractivity contribution in [3.8, 4) is 11.8 Å². The first-order valence-corrected chi connectivity index (χ1v) is 7.29. The van der Waals surface area contributed by atoms with Crippen LogP contribution < -0.4 is 0 Å². The lowest BCUT2D eigenvalue weighted by atomic mass is 9.91. The summed E-state index contributed by atoms with van der Waals surface area (Å²) in [7, 11) is 0. The molecular weight excluding hydrogens is 266 g/mol. The highest BCUT2D eigenvalue weighted by molar-refractivity contribution is 5.96. The Labute approximate surface area is 125 Å². The fourth-order valence-electron chi connectivity index (χ4n) is 2.67. The minimum Gasteiger partial charge on any atom is -0.393 e. The van der Waals surface area contributed by atoms with Crippen LogP contribution in [0.1, 0.15) is 35.7 Å². The summed E-state index contributed by atoms with van der Waals surface area (Å²) in [5.41, 5.74) is 1.23. The van der Waals surface area contributed by atoms with Crippen LogP contribution in [0.3, 0.4) is 0 Å². The van der Waals surface area contributed by atoms with Gasteiger partial charge in [0.05, 0.1) is 11.7 Å². The molecule has 1 heterocycles. The van der Waals surface area contributed by atoms with E-state index in [0.29, 0.717) is 24.2 Å². The molecule has 0 spiro atoms. The highest BCUT2D eigenvalue weighted by Gasteiger charge is 2.26. The fourth-order valence-corrected chi connectivity index (χ4v) is 2.67. The number of rotatable bonds is 2. The predicted octanol–water partition coefficient (Wildman–Crippen LogP) is 1.26. The van der Waals surface area contributed by atoms with Crippen molar-refractivity contribution in [3.05, 3.63) is 35.4 Å². The second-order valence-electron chi connectivity index (χ2n) is 5.38. The van der Waals surface area contributed by atoms with Crippen molar-refractivity contribution in [1.29, 1.82) is 0 Å². The molecule has 2 N–H and O–H groups in total. The van der Waals surface area contributed by atoms with E-state index < -0.39 is 0 Å². The summed E-state index contributed by atoms with van der Waals surface area (Å²) in [5, 5.41) is 18.4. The molecular formula is C17H21NO3. The van der Waals surface area contributed by atoms with E-state index in [1.54, 1.807) is 12.1 Å². The van der Waals surface area contributed by atoms with Gasteiger partial charge in [-0.2, -0.15) is 0 Å². The van der Waals surface area contributed by atoms with Gasteiger partial charge < -0.3 is 15.1 Å². The van der Waals surface area contributed by atoms with E-state index in [9.17, 15) is 9.90 Å². The fraction of sp³-hybridized carbons (Fsp3) is 0.471. The Morgan fingerprint density at radius 2 is 2.05 bits per heavy atom. The van der Waals surface area contributed by atoms with Crippen LogP contribution in [-0.4, -0.2) is 46.8 Å². The van der Waals surface area contributed by atoms with Crippen molar-refractivity contribution >= 4 is 5.91 Å². The molecule has 4 nitrogen and oxygen atoms in total. The van der Waals surface area contributed by atoms with Crippen LogP contribution in [0.2, 0.25) is 0 Å². The Morgan fingerprint density at radius 3 is 2.67 bits per heavy atom. The zero-order chi connectivity index (χ0) is 15.2. The average molecular weight is 287 g/mol. The molecule has 0 aliphatic carbocycles. The Morgan fingerprint density at radius 1 is 1.38 bits per heavy atom. The van der Waals surface area contributed by atoms with Crippen LogP contribution >= 0.6 is 0 Å². The minimum absolute atomic E-state index is 0.0260. The number of likely N-dealkylation sites (tertiary alicyclic amines) is 1. The van der Waals surface area contributed by atoms with E-state index in [0.717, 1.165) is 12.8 Å². The number of hydrogen-bond donors (Lipinski definition) is 2. The maximum atomic E-state index is 12.6. The summed E-state index contributed by atoms with van der Waals surface area (Å²) in [5.74, 6) is 5.66. The molecule has 0 saturated carbocycles. The van der Waals surface area contributed by atoms with Crippen molar-refractivity contribution in [2.24, 2.45) is 5.92 Å². The lowest BCUT2D eigenvalue weighted by molar-refractivity contribution is 0.0521. The number of aliphatic hydroxyl groups excluding tert-OH is 2. The first-order chi connectivity index (χ1) is 10.1. The molecule has 1 unspecified atom stereocenters. The molecule has 4 heteroatoms. The molecule has 112 valence electrons. The first kappa shape index (κ1) is 15.6. The summed E-state index contributed by atoms with van der Waals surface area (Å²) in [6.45, 7) is 2.91. The minimum atomic E-state index is -0.315. The van der Waals surface area contributed by atoms with Gasteiger partial charge in [0.1, 0.15) is 6.61 Å². The van der Waals surface area contributed by atoms with Gasteiger partial charge in [-0.05, 0) is 37.8 Å². The molecule has 0 aromatic heterocycles. The number of carbonyl (C=O) groups excluding carboxylic acids is 1. The summed E-state index contributed by atoms with van der Waals surface area (Å²) in [6.07, 6.45) is 1.34. The third kappa shape index (κ3) is 3.84. The Bertz CT molecular complexity index is 549. The van der Waals surface area contributed by atoms with Gasteiger partial charge in [-0.3, -0.25) is 4.79 Å². The van der Waals surface area contributed by atoms with Gasteiger partial charge in [0.2, 0.25) is 0 Å². The van der Waals surface area contributed by atoms with Crippen molar-refractivity contribution < 1.29 is 15.0 Å². The molecule has 0 radical (unpaired) electrons. The van der Waals surface area contributed by atoms with Crippen LogP contribution in [-0.2, 0) is 0 Å². The van der Waals surface area contributed by atoms with Gasteiger partial charge in [0.15, 0.2) is 0 Å². The van der Waals surface area contributed by atoms with Crippen LogP contribution in [0.5, 0.6) is 0 Å². The van der Waals surface area contributed by atoms with Crippen molar-refractivity contribution in [3.63, 3.8) is 0 Å². The summed E-state index contributed by atoms with van der Waals surface area (Å²) in [6, 6.07) is 7.21. The molecule has 1 aromatic carbocycles. The predicted molar refractivity (Wildman–Crippen MR) is 80.7 cm³/mol. The number of piperidine rings is 1. The molecule has 21 heavy (non-hydrogen) atoms. The number of nitrogens with zero attached hydrogens (tertiary/aromatic N) is 1. The maximum Gasteiger partial charge on any atom is 0.255 e. The van der Waals surface area contributed by atoms with E-state index in [1.807, 2.05) is 24.0 Å². The van der Waals surface area contributed by atoms with Crippen LogP contribution in [0.4, 0.5) is 0 Å². The number of benzene rings is 1. The van der Waals surface area contributed by atoms with E-state index in [4.69, 9.17) is 5.11 Å². The highest BCUT2D eigenvalue weighted by Crippen LogP contribution is 2.22. The van der Waals surface area contributed by atoms with E-state index >= 15 is 0 Å².